The second kappa shape index (κ2) is 5.78. The average molecular weight is 267 g/mol. The number of hydrogen-bond donors (Lipinski definition) is 1. The van der Waals surface area contributed by atoms with Crippen LogP contribution in [-0.2, 0) is 5.41 Å². The van der Waals surface area contributed by atoms with Gasteiger partial charge in [-0.2, -0.15) is 0 Å². The lowest BCUT2D eigenvalue weighted by molar-refractivity contribution is 0.278. The van der Waals surface area contributed by atoms with Crippen molar-refractivity contribution in [3.05, 3.63) is 23.5 Å². The zero-order chi connectivity index (χ0) is 13.9. The van der Waals surface area contributed by atoms with Crippen LogP contribution in [0, 0.1) is 5.82 Å². The molecule has 3 nitrogen and oxygen atoms in total. The van der Waals surface area contributed by atoms with E-state index in [1.54, 1.807) is 13.2 Å². The van der Waals surface area contributed by atoms with Crippen molar-refractivity contribution in [2.45, 2.75) is 37.5 Å². The van der Waals surface area contributed by atoms with Gasteiger partial charge in [-0.15, -0.1) is 0 Å². The van der Waals surface area contributed by atoms with E-state index >= 15 is 0 Å². The molecule has 0 saturated heterocycles. The molecule has 0 aliphatic heterocycles. The number of rotatable bonds is 4. The summed E-state index contributed by atoms with van der Waals surface area (Å²) < 4.78 is 24.3. The summed E-state index contributed by atoms with van der Waals surface area (Å²) in [7, 11) is 3.01. The summed E-state index contributed by atoms with van der Waals surface area (Å²) in [4.78, 5) is 0. The van der Waals surface area contributed by atoms with E-state index in [9.17, 15) is 4.39 Å². The fraction of sp³-hybridized carbons (Fsp3) is 0.600. The Kier molecular flexibility index (Phi) is 4.30. The number of nitrogens with two attached hydrogens (primary N) is 1. The van der Waals surface area contributed by atoms with E-state index in [0.29, 0.717) is 12.3 Å². The largest absolute Gasteiger partial charge is 0.492 e. The van der Waals surface area contributed by atoms with Crippen LogP contribution in [0.2, 0.25) is 0 Å². The molecule has 0 aromatic heterocycles. The molecule has 0 bridgehead atoms. The fourth-order valence-electron chi connectivity index (χ4n) is 3.16. The molecule has 1 aromatic rings. The molecule has 1 aliphatic carbocycles. The van der Waals surface area contributed by atoms with E-state index in [4.69, 9.17) is 15.2 Å². The van der Waals surface area contributed by atoms with Crippen molar-refractivity contribution >= 4 is 0 Å². The maximum Gasteiger partial charge on any atom is 0.197 e. The Morgan fingerprint density at radius 2 is 1.74 bits per heavy atom. The molecule has 0 radical (unpaired) electrons. The van der Waals surface area contributed by atoms with Crippen LogP contribution >= 0.6 is 0 Å². The summed E-state index contributed by atoms with van der Waals surface area (Å²) in [5.74, 6) is 0.277. The third-order valence-electron chi connectivity index (χ3n) is 4.25. The predicted octanol–water partition coefficient (Wildman–Crippen LogP) is 3.00. The molecular weight excluding hydrogens is 245 g/mol. The molecule has 2 N–H and O–H groups in total. The maximum atomic E-state index is 13.8. The average Bonchev–Trinajstić information content (AvgIpc) is 2.47. The van der Waals surface area contributed by atoms with Gasteiger partial charge in [0.05, 0.1) is 14.2 Å². The lowest BCUT2D eigenvalue weighted by Crippen LogP contribution is -2.37. The number of methoxy groups -OCH3 is 2. The molecule has 1 aromatic carbocycles. The molecule has 19 heavy (non-hydrogen) atoms. The molecule has 0 atom stereocenters. The summed E-state index contributed by atoms with van der Waals surface area (Å²) in [5.41, 5.74) is 6.91. The summed E-state index contributed by atoms with van der Waals surface area (Å²) >= 11 is 0. The van der Waals surface area contributed by atoms with Crippen molar-refractivity contribution in [3.8, 4) is 11.5 Å². The quantitative estimate of drug-likeness (QED) is 0.912. The molecule has 0 unspecified atom stereocenters. The Bertz CT molecular complexity index is 442. The molecule has 1 saturated carbocycles. The van der Waals surface area contributed by atoms with E-state index in [1.165, 1.54) is 19.6 Å². The van der Waals surface area contributed by atoms with Gasteiger partial charge in [-0.25, -0.2) is 4.39 Å². The zero-order valence-corrected chi connectivity index (χ0v) is 11.7. The minimum atomic E-state index is -0.397. The third kappa shape index (κ3) is 2.41. The first-order valence-corrected chi connectivity index (χ1v) is 6.79. The van der Waals surface area contributed by atoms with Crippen LogP contribution in [0.3, 0.4) is 0 Å². The van der Waals surface area contributed by atoms with E-state index in [0.717, 1.165) is 31.2 Å². The number of hydrogen-bond acceptors (Lipinski definition) is 3. The third-order valence-corrected chi connectivity index (χ3v) is 4.25. The van der Waals surface area contributed by atoms with Crippen molar-refractivity contribution in [1.29, 1.82) is 0 Å². The summed E-state index contributed by atoms with van der Waals surface area (Å²) in [6.07, 6.45) is 5.59. The van der Waals surface area contributed by atoms with Crippen molar-refractivity contribution in [2.24, 2.45) is 5.73 Å². The topological polar surface area (TPSA) is 44.5 Å². The van der Waals surface area contributed by atoms with Gasteiger partial charge in [0.1, 0.15) is 0 Å². The van der Waals surface area contributed by atoms with Crippen LogP contribution in [0.15, 0.2) is 12.1 Å². The molecule has 0 amide bonds. The van der Waals surface area contributed by atoms with E-state index in [2.05, 4.69) is 0 Å². The Morgan fingerprint density at radius 3 is 2.26 bits per heavy atom. The molecule has 0 spiro atoms. The van der Waals surface area contributed by atoms with Crippen molar-refractivity contribution in [3.63, 3.8) is 0 Å². The molecule has 1 fully saturated rings. The van der Waals surface area contributed by atoms with Gasteiger partial charge < -0.3 is 15.2 Å². The van der Waals surface area contributed by atoms with Crippen LogP contribution in [0.25, 0.3) is 0 Å². The van der Waals surface area contributed by atoms with Gasteiger partial charge in [0.25, 0.3) is 0 Å². The summed E-state index contributed by atoms with van der Waals surface area (Å²) in [6, 6.07) is 3.25. The van der Waals surface area contributed by atoms with Crippen LogP contribution in [0.5, 0.6) is 11.5 Å². The van der Waals surface area contributed by atoms with Gasteiger partial charge in [-0.1, -0.05) is 25.3 Å². The smallest absolute Gasteiger partial charge is 0.197 e. The minimum Gasteiger partial charge on any atom is -0.492 e. The summed E-state index contributed by atoms with van der Waals surface area (Å²) in [5, 5.41) is 0. The van der Waals surface area contributed by atoms with Crippen molar-refractivity contribution in [2.75, 3.05) is 20.8 Å². The number of halogens is 1. The Hall–Kier alpha value is -1.29. The lowest BCUT2D eigenvalue weighted by Gasteiger charge is -2.37. The van der Waals surface area contributed by atoms with Gasteiger partial charge in [0.15, 0.2) is 17.3 Å². The van der Waals surface area contributed by atoms with Crippen molar-refractivity contribution in [1.82, 2.24) is 0 Å². The standard InChI is InChI=1S/C15H22FNO2/c1-18-13-11(6-7-12(16)14(13)19-2)15(10-17)8-4-3-5-9-15/h6-7H,3-5,8-10,17H2,1-2H3. The monoisotopic (exact) mass is 267 g/mol. The first-order chi connectivity index (χ1) is 9.18. The lowest BCUT2D eigenvalue weighted by atomic mass is 9.69. The first-order valence-electron chi connectivity index (χ1n) is 6.79. The van der Waals surface area contributed by atoms with E-state index in [1.807, 2.05) is 0 Å². The molecule has 2 rings (SSSR count). The van der Waals surface area contributed by atoms with Gasteiger partial charge in [0.2, 0.25) is 0 Å². The van der Waals surface area contributed by atoms with Crippen molar-refractivity contribution < 1.29 is 13.9 Å². The number of benzene rings is 1. The normalized spacial score (nSPS) is 18.1. The minimum absolute atomic E-state index is 0.107. The zero-order valence-electron chi connectivity index (χ0n) is 11.7. The van der Waals surface area contributed by atoms with Gasteiger partial charge >= 0.3 is 0 Å². The molecule has 0 heterocycles. The van der Waals surface area contributed by atoms with Gasteiger partial charge in [-0.05, 0) is 18.9 Å². The molecule has 4 heteroatoms. The second-order valence-corrected chi connectivity index (χ2v) is 5.21. The highest BCUT2D eigenvalue weighted by Gasteiger charge is 2.36. The van der Waals surface area contributed by atoms with Gasteiger partial charge in [-0.3, -0.25) is 0 Å². The number of ether oxygens (including phenoxy) is 2. The highest BCUT2D eigenvalue weighted by Crippen LogP contribution is 2.46. The Balaban J connectivity index is 2.53. The Morgan fingerprint density at radius 1 is 1.11 bits per heavy atom. The maximum absolute atomic E-state index is 13.8. The molecule has 106 valence electrons. The highest BCUT2D eigenvalue weighted by molar-refractivity contribution is 5.51. The molecular formula is C15H22FNO2. The van der Waals surface area contributed by atoms with E-state index < -0.39 is 5.82 Å². The van der Waals surface area contributed by atoms with Crippen LogP contribution < -0.4 is 15.2 Å². The van der Waals surface area contributed by atoms with Crippen LogP contribution in [0.4, 0.5) is 4.39 Å². The second-order valence-electron chi connectivity index (χ2n) is 5.21. The van der Waals surface area contributed by atoms with Gasteiger partial charge in [0, 0.05) is 17.5 Å². The fourth-order valence-corrected chi connectivity index (χ4v) is 3.16. The van der Waals surface area contributed by atoms with Crippen LogP contribution in [0.1, 0.15) is 37.7 Å². The SMILES string of the molecule is COc1c(F)ccc(C2(CN)CCCCC2)c1OC. The van der Waals surface area contributed by atoms with Crippen LogP contribution in [-0.4, -0.2) is 20.8 Å². The molecule has 1 aliphatic rings. The highest BCUT2D eigenvalue weighted by atomic mass is 19.1. The Labute approximate surface area is 113 Å². The predicted molar refractivity (Wildman–Crippen MR) is 73.3 cm³/mol. The first kappa shape index (κ1) is 14.1. The van der Waals surface area contributed by atoms with E-state index in [-0.39, 0.29) is 11.2 Å². The summed E-state index contributed by atoms with van der Waals surface area (Å²) in [6.45, 7) is 0.554.